The van der Waals surface area contributed by atoms with Crippen molar-refractivity contribution in [1.82, 2.24) is 5.32 Å². The molecular weight excluding hydrogens is 258 g/mol. The summed E-state index contributed by atoms with van der Waals surface area (Å²) >= 11 is 1.63. The number of benzene rings is 1. The van der Waals surface area contributed by atoms with Crippen LogP contribution in [-0.4, -0.2) is 12.5 Å². The fraction of sp³-hybridized carbons (Fsp3) is 0.267. The quantitative estimate of drug-likeness (QED) is 0.910. The number of hydrogen-bond donors (Lipinski definition) is 1. The first-order valence-electron chi connectivity index (χ1n) is 6.14. The number of carbonyl (C=O) groups excluding carboxylic acids is 1. The van der Waals surface area contributed by atoms with E-state index < -0.39 is 0 Å². The van der Waals surface area contributed by atoms with Crippen molar-refractivity contribution in [3.63, 3.8) is 0 Å². The summed E-state index contributed by atoms with van der Waals surface area (Å²) in [5.74, 6) is 0.658. The molecule has 0 spiro atoms. The first-order valence-corrected chi connectivity index (χ1v) is 7.02. The van der Waals surface area contributed by atoms with Crippen molar-refractivity contribution >= 4 is 17.2 Å². The maximum atomic E-state index is 11.7. The maximum Gasteiger partial charge on any atom is 0.258 e. The average molecular weight is 275 g/mol. The van der Waals surface area contributed by atoms with E-state index >= 15 is 0 Å². The predicted octanol–water partition coefficient (Wildman–Crippen LogP) is 3.06. The number of thiophene rings is 1. The van der Waals surface area contributed by atoms with Gasteiger partial charge in [-0.25, -0.2) is 0 Å². The standard InChI is InChI=1S/C15H17NO2S/c1-11-5-6-14(12(2)8-11)18-10-15(17)16-9-13-4-3-7-19-13/h3-8H,9-10H2,1-2H3,(H,16,17). The number of nitrogens with one attached hydrogen (secondary N) is 1. The van der Waals surface area contributed by atoms with Gasteiger partial charge in [0.2, 0.25) is 0 Å². The molecule has 4 heteroatoms. The molecule has 1 amide bonds. The predicted molar refractivity (Wildman–Crippen MR) is 77.6 cm³/mol. The van der Waals surface area contributed by atoms with E-state index in [9.17, 15) is 4.79 Å². The number of rotatable bonds is 5. The highest BCUT2D eigenvalue weighted by atomic mass is 32.1. The van der Waals surface area contributed by atoms with E-state index in [1.54, 1.807) is 11.3 Å². The molecule has 1 heterocycles. The molecular formula is C15H17NO2S. The molecule has 0 fully saturated rings. The zero-order valence-electron chi connectivity index (χ0n) is 11.1. The van der Waals surface area contributed by atoms with Gasteiger partial charge in [-0.15, -0.1) is 11.3 Å². The molecule has 0 unspecified atom stereocenters. The lowest BCUT2D eigenvalue weighted by Gasteiger charge is -2.09. The molecule has 0 aliphatic heterocycles. The zero-order valence-corrected chi connectivity index (χ0v) is 11.9. The fourth-order valence-corrected chi connectivity index (χ4v) is 2.40. The van der Waals surface area contributed by atoms with E-state index in [0.717, 1.165) is 16.2 Å². The molecule has 0 radical (unpaired) electrons. The molecule has 19 heavy (non-hydrogen) atoms. The smallest absolute Gasteiger partial charge is 0.258 e. The van der Waals surface area contributed by atoms with Gasteiger partial charge in [0.1, 0.15) is 5.75 Å². The van der Waals surface area contributed by atoms with Crippen molar-refractivity contribution in [2.24, 2.45) is 0 Å². The molecule has 100 valence electrons. The van der Waals surface area contributed by atoms with E-state index in [4.69, 9.17) is 4.74 Å². The number of aryl methyl sites for hydroxylation is 2. The molecule has 1 aromatic carbocycles. The molecule has 0 saturated carbocycles. The highest BCUT2D eigenvalue weighted by Gasteiger charge is 2.05. The van der Waals surface area contributed by atoms with Gasteiger partial charge in [0, 0.05) is 4.88 Å². The molecule has 3 nitrogen and oxygen atoms in total. The number of hydrogen-bond acceptors (Lipinski definition) is 3. The van der Waals surface area contributed by atoms with E-state index in [1.807, 2.05) is 49.6 Å². The molecule has 1 aromatic heterocycles. The summed E-state index contributed by atoms with van der Waals surface area (Å²) in [7, 11) is 0. The Kier molecular flexibility index (Phi) is 4.58. The zero-order chi connectivity index (χ0) is 13.7. The first kappa shape index (κ1) is 13.6. The minimum absolute atomic E-state index is 0.0509. The molecule has 0 atom stereocenters. The molecule has 0 bridgehead atoms. The van der Waals surface area contributed by atoms with Crippen molar-refractivity contribution in [1.29, 1.82) is 0 Å². The molecule has 0 aliphatic carbocycles. The van der Waals surface area contributed by atoms with E-state index in [2.05, 4.69) is 5.32 Å². The van der Waals surface area contributed by atoms with Crippen molar-refractivity contribution in [3.05, 3.63) is 51.7 Å². The minimum atomic E-state index is -0.103. The van der Waals surface area contributed by atoms with Gasteiger partial charge in [0.05, 0.1) is 6.54 Å². The van der Waals surface area contributed by atoms with Crippen LogP contribution in [0.3, 0.4) is 0 Å². The largest absolute Gasteiger partial charge is 0.484 e. The third-order valence-corrected chi connectivity index (χ3v) is 3.61. The van der Waals surface area contributed by atoms with Crippen LogP contribution in [0.5, 0.6) is 5.75 Å². The van der Waals surface area contributed by atoms with Crippen LogP contribution in [0, 0.1) is 13.8 Å². The van der Waals surface area contributed by atoms with Gasteiger partial charge in [0.25, 0.3) is 5.91 Å². The highest BCUT2D eigenvalue weighted by Crippen LogP contribution is 2.18. The molecule has 0 saturated heterocycles. The SMILES string of the molecule is Cc1ccc(OCC(=O)NCc2cccs2)c(C)c1. The van der Waals surface area contributed by atoms with Crippen molar-refractivity contribution in [2.75, 3.05) is 6.61 Å². The number of carbonyl (C=O) groups is 1. The summed E-state index contributed by atoms with van der Waals surface area (Å²) in [5.41, 5.74) is 2.23. The van der Waals surface area contributed by atoms with Gasteiger partial charge < -0.3 is 10.1 Å². The summed E-state index contributed by atoms with van der Waals surface area (Å²) in [6.45, 7) is 4.62. The summed E-state index contributed by atoms with van der Waals surface area (Å²) in [6, 6.07) is 9.89. The van der Waals surface area contributed by atoms with Crippen LogP contribution in [0.2, 0.25) is 0 Å². The highest BCUT2D eigenvalue weighted by molar-refractivity contribution is 7.09. The molecule has 2 aromatic rings. The van der Waals surface area contributed by atoms with Crippen LogP contribution < -0.4 is 10.1 Å². The first-order chi connectivity index (χ1) is 9.15. The summed E-state index contributed by atoms with van der Waals surface area (Å²) in [4.78, 5) is 12.8. The molecule has 2 rings (SSSR count). The van der Waals surface area contributed by atoms with Crippen LogP contribution in [0.25, 0.3) is 0 Å². The second-order valence-corrected chi connectivity index (χ2v) is 5.45. The van der Waals surface area contributed by atoms with Crippen LogP contribution in [0.4, 0.5) is 0 Å². The third kappa shape index (κ3) is 4.10. The Balaban J connectivity index is 1.80. The summed E-state index contributed by atoms with van der Waals surface area (Å²) < 4.78 is 5.51. The van der Waals surface area contributed by atoms with Crippen molar-refractivity contribution in [2.45, 2.75) is 20.4 Å². The summed E-state index contributed by atoms with van der Waals surface area (Å²) in [5, 5.41) is 4.83. The van der Waals surface area contributed by atoms with E-state index in [0.29, 0.717) is 6.54 Å². The maximum absolute atomic E-state index is 11.7. The Morgan fingerprint density at radius 1 is 1.32 bits per heavy atom. The van der Waals surface area contributed by atoms with Gasteiger partial charge in [-0.05, 0) is 36.9 Å². The van der Waals surface area contributed by atoms with Gasteiger partial charge in [-0.2, -0.15) is 0 Å². The fourth-order valence-electron chi connectivity index (χ4n) is 1.75. The van der Waals surface area contributed by atoms with Crippen LogP contribution in [-0.2, 0) is 11.3 Å². The average Bonchev–Trinajstić information content (AvgIpc) is 2.88. The Bertz CT molecular complexity index is 549. The van der Waals surface area contributed by atoms with Crippen molar-refractivity contribution in [3.8, 4) is 5.75 Å². The van der Waals surface area contributed by atoms with Gasteiger partial charge in [-0.3, -0.25) is 4.79 Å². The van der Waals surface area contributed by atoms with Crippen LogP contribution in [0.1, 0.15) is 16.0 Å². The Hall–Kier alpha value is -1.81. The Morgan fingerprint density at radius 2 is 2.16 bits per heavy atom. The van der Waals surface area contributed by atoms with Gasteiger partial charge in [-0.1, -0.05) is 23.8 Å². The van der Waals surface area contributed by atoms with Crippen LogP contribution in [0.15, 0.2) is 35.7 Å². The van der Waals surface area contributed by atoms with Gasteiger partial charge in [0.15, 0.2) is 6.61 Å². The number of amides is 1. The summed E-state index contributed by atoms with van der Waals surface area (Å²) in [6.07, 6.45) is 0. The second-order valence-electron chi connectivity index (χ2n) is 4.41. The molecule has 0 aliphatic rings. The Morgan fingerprint density at radius 3 is 2.84 bits per heavy atom. The van der Waals surface area contributed by atoms with Crippen LogP contribution >= 0.6 is 11.3 Å². The van der Waals surface area contributed by atoms with E-state index in [1.165, 1.54) is 5.56 Å². The lowest BCUT2D eigenvalue weighted by Crippen LogP contribution is -2.28. The second kappa shape index (κ2) is 6.38. The third-order valence-electron chi connectivity index (χ3n) is 2.73. The van der Waals surface area contributed by atoms with E-state index in [-0.39, 0.29) is 12.5 Å². The number of ether oxygens (including phenoxy) is 1. The van der Waals surface area contributed by atoms with Crippen molar-refractivity contribution < 1.29 is 9.53 Å². The Labute approximate surface area is 117 Å². The minimum Gasteiger partial charge on any atom is -0.484 e. The molecule has 1 N–H and O–H groups in total. The monoisotopic (exact) mass is 275 g/mol. The van der Waals surface area contributed by atoms with Gasteiger partial charge >= 0.3 is 0 Å². The topological polar surface area (TPSA) is 38.3 Å². The normalized spacial score (nSPS) is 10.2. The lowest BCUT2D eigenvalue weighted by atomic mass is 10.1. The lowest BCUT2D eigenvalue weighted by molar-refractivity contribution is -0.123.